The van der Waals surface area contributed by atoms with Crippen molar-refractivity contribution in [2.75, 3.05) is 13.1 Å². The smallest absolute Gasteiger partial charge is 0.332 e. The molecular formula is C8H13NO2. The number of carboxylic acids is 1. The highest BCUT2D eigenvalue weighted by molar-refractivity contribution is 5.86. The van der Waals surface area contributed by atoms with Gasteiger partial charge in [-0.05, 0) is 25.3 Å². The third-order valence-electron chi connectivity index (χ3n) is 1.77. The number of hydrogen-bond donors (Lipinski definition) is 2. The summed E-state index contributed by atoms with van der Waals surface area (Å²) in [6.07, 6.45) is 2.57. The van der Waals surface area contributed by atoms with Crippen LogP contribution in [0.2, 0.25) is 0 Å². The van der Waals surface area contributed by atoms with Gasteiger partial charge >= 0.3 is 5.97 Å². The van der Waals surface area contributed by atoms with Crippen molar-refractivity contribution in [2.24, 2.45) is 5.92 Å². The molecule has 3 nitrogen and oxygen atoms in total. The lowest BCUT2D eigenvalue weighted by Crippen LogP contribution is -2.22. The van der Waals surface area contributed by atoms with E-state index < -0.39 is 5.97 Å². The van der Waals surface area contributed by atoms with Crippen molar-refractivity contribution in [1.29, 1.82) is 0 Å². The van der Waals surface area contributed by atoms with Gasteiger partial charge in [0.15, 0.2) is 0 Å². The Morgan fingerprint density at radius 3 is 2.73 bits per heavy atom. The first-order valence-electron chi connectivity index (χ1n) is 3.82. The summed E-state index contributed by atoms with van der Waals surface area (Å²) in [6.45, 7) is 4.75. The molecule has 0 radical (unpaired) electrons. The summed E-state index contributed by atoms with van der Waals surface area (Å²) >= 11 is 0. The molecule has 0 heterocycles. The third-order valence-corrected chi connectivity index (χ3v) is 1.77. The van der Waals surface area contributed by atoms with E-state index in [1.165, 1.54) is 12.8 Å². The van der Waals surface area contributed by atoms with Crippen molar-refractivity contribution in [3.8, 4) is 0 Å². The van der Waals surface area contributed by atoms with Crippen LogP contribution < -0.4 is 5.32 Å². The fourth-order valence-electron chi connectivity index (χ4n) is 0.825. The van der Waals surface area contributed by atoms with E-state index in [1.54, 1.807) is 0 Å². The number of carboxylic acid groups (broad SMARTS) is 1. The van der Waals surface area contributed by atoms with Crippen LogP contribution in [0.1, 0.15) is 12.8 Å². The van der Waals surface area contributed by atoms with Crippen LogP contribution in [0.5, 0.6) is 0 Å². The highest BCUT2D eigenvalue weighted by Gasteiger charge is 2.20. The Morgan fingerprint density at radius 2 is 2.27 bits per heavy atom. The second-order valence-electron chi connectivity index (χ2n) is 2.98. The van der Waals surface area contributed by atoms with E-state index in [0.717, 1.165) is 12.5 Å². The number of nitrogens with one attached hydrogen (secondary N) is 1. The zero-order valence-electron chi connectivity index (χ0n) is 6.47. The SMILES string of the molecule is C=C(CNCC1CC1)C(=O)O. The van der Waals surface area contributed by atoms with Crippen LogP contribution in [-0.2, 0) is 4.79 Å². The van der Waals surface area contributed by atoms with E-state index in [0.29, 0.717) is 6.54 Å². The van der Waals surface area contributed by atoms with Crippen molar-refractivity contribution in [2.45, 2.75) is 12.8 Å². The van der Waals surface area contributed by atoms with Crippen LogP contribution >= 0.6 is 0 Å². The largest absolute Gasteiger partial charge is 0.478 e. The van der Waals surface area contributed by atoms with Gasteiger partial charge in [0, 0.05) is 12.1 Å². The molecule has 0 unspecified atom stereocenters. The zero-order valence-corrected chi connectivity index (χ0v) is 6.47. The lowest BCUT2D eigenvalue weighted by atomic mass is 10.3. The number of carbonyl (C=O) groups is 1. The summed E-state index contributed by atoms with van der Waals surface area (Å²) in [4.78, 5) is 10.3. The van der Waals surface area contributed by atoms with E-state index in [4.69, 9.17) is 5.11 Å². The van der Waals surface area contributed by atoms with Gasteiger partial charge in [-0.3, -0.25) is 0 Å². The predicted molar refractivity (Wildman–Crippen MR) is 42.4 cm³/mol. The highest BCUT2D eigenvalue weighted by Crippen LogP contribution is 2.27. The van der Waals surface area contributed by atoms with Gasteiger partial charge in [-0.25, -0.2) is 4.79 Å². The monoisotopic (exact) mass is 155 g/mol. The van der Waals surface area contributed by atoms with Crippen LogP contribution in [0.15, 0.2) is 12.2 Å². The van der Waals surface area contributed by atoms with E-state index in [9.17, 15) is 4.79 Å². The molecule has 0 aliphatic heterocycles. The number of rotatable bonds is 5. The molecule has 1 fully saturated rings. The van der Waals surface area contributed by atoms with Gasteiger partial charge in [-0.2, -0.15) is 0 Å². The Labute approximate surface area is 66.1 Å². The number of aliphatic carboxylic acids is 1. The van der Waals surface area contributed by atoms with E-state index in [2.05, 4.69) is 11.9 Å². The molecule has 0 amide bonds. The van der Waals surface area contributed by atoms with Gasteiger partial charge in [0.05, 0.1) is 0 Å². The van der Waals surface area contributed by atoms with Crippen LogP contribution in [-0.4, -0.2) is 24.2 Å². The minimum Gasteiger partial charge on any atom is -0.478 e. The maximum absolute atomic E-state index is 10.3. The fraction of sp³-hybridized carbons (Fsp3) is 0.625. The maximum atomic E-state index is 10.3. The van der Waals surface area contributed by atoms with Gasteiger partial charge in [0.25, 0.3) is 0 Å². The standard InChI is InChI=1S/C8H13NO2/c1-6(8(10)11)4-9-5-7-2-3-7/h7,9H,1-5H2,(H,10,11). The number of hydrogen-bond acceptors (Lipinski definition) is 2. The third kappa shape index (κ3) is 3.18. The second kappa shape index (κ2) is 3.53. The normalized spacial score (nSPS) is 16.4. The summed E-state index contributed by atoms with van der Waals surface area (Å²) in [7, 11) is 0. The minimum atomic E-state index is -0.909. The van der Waals surface area contributed by atoms with Crippen LogP contribution in [0.3, 0.4) is 0 Å². The van der Waals surface area contributed by atoms with Gasteiger partial charge in [0.1, 0.15) is 0 Å². The second-order valence-corrected chi connectivity index (χ2v) is 2.98. The average Bonchev–Trinajstić information content (AvgIpc) is 2.71. The molecule has 0 saturated heterocycles. The molecule has 1 aliphatic carbocycles. The molecule has 62 valence electrons. The topological polar surface area (TPSA) is 49.3 Å². The quantitative estimate of drug-likeness (QED) is 0.572. The summed E-state index contributed by atoms with van der Waals surface area (Å²) in [5.41, 5.74) is 0.241. The van der Waals surface area contributed by atoms with Crippen molar-refractivity contribution >= 4 is 5.97 Å². The summed E-state index contributed by atoms with van der Waals surface area (Å²) in [5.74, 6) is -0.120. The molecule has 11 heavy (non-hydrogen) atoms. The van der Waals surface area contributed by atoms with Gasteiger partial charge in [0.2, 0.25) is 0 Å². The van der Waals surface area contributed by atoms with Crippen molar-refractivity contribution in [3.05, 3.63) is 12.2 Å². The zero-order chi connectivity index (χ0) is 8.27. The summed E-state index contributed by atoms with van der Waals surface area (Å²) in [5, 5.41) is 11.5. The maximum Gasteiger partial charge on any atom is 0.332 e. The minimum absolute atomic E-state index is 0.241. The Hall–Kier alpha value is -0.830. The first-order chi connectivity index (χ1) is 5.20. The van der Waals surface area contributed by atoms with Gasteiger partial charge in [-0.1, -0.05) is 6.58 Å². The molecule has 3 heteroatoms. The van der Waals surface area contributed by atoms with E-state index in [1.807, 2.05) is 0 Å². The predicted octanol–water partition coefficient (Wildman–Crippen LogP) is 0.627. The Morgan fingerprint density at radius 1 is 1.64 bits per heavy atom. The molecular weight excluding hydrogens is 142 g/mol. The molecule has 0 aromatic heterocycles. The lowest BCUT2D eigenvalue weighted by molar-refractivity contribution is -0.132. The molecule has 0 spiro atoms. The van der Waals surface area contributed by atoms with Crippen LogP contribution in [0, 0.1) is 5.92 Å². The Kier molecular flexibility index (Phi) is 2.65. The molecule has 0 bridgehead atoms. The Bertz CT molecular complexity index is 173. The molecule has 0 aromatic carbocycles. The summed E-state index contributed by atoms with van der Waals surface area (Å²) in [6, 6.07) is 0. The van der Waals surface area contributed by atoms with Crippen molar-refractivity contribution in [1.82, 2.24) is 5.32 Å². The molecule has 1 saturated carbocycles. The Balaban J connectivity index is 2.01. The van der Waals surface area contributed by atoms with Gasteiger partial charge in [-0.15, -0.1) is 0 Å². The first-order valence-corrected chi connectivity index (χ1v) is 3.82. The lowest BCUT2D eigenvalue weighted by Gasteiger charge is -2.01. The van der Waals surface area contributed by atoms with Crippen molar-refractivity contribution < 1.29 is 9.90 Å². The first kappa shape index (κ1) is 8.27. The molecule has 0 atom stereocenters. The van der Waals surface area contributed by atoms with Gasteiger partial charge < -0.3 is 10.4 Å². The average molecular weight is 155 g/mol. The molecule has 0 aromatic rings. The molecule has 1 aliphatic rings. The van der Waals surface area contributed by atoms with Crippen LogP contribution in [0.25, 0.3) is 0 Å². The summed E-state index contributed by atoms with van der Waals surface area (Å²) < 4.78 is 0. The fourth-order valence-corrected chi connectivity index (χ4v) is 0.825. The van der Waals surface area contributed by atoms with E-state index in [-0.39, 0.29) is 5.57 Å². The highest BCUT2D eigenvalue weighted by atomic mass is 16.4. The molecule has 1 rings (SSSR count). The molecule has 2 N–H and O–H groups in total. The van der Waals surface area contributed by atoms with E-state index >= 15 is 0 Å². The van der Waals surface area contributed by atoms with Crippen molar-refractivity contribution in [3.63, 3.8) is 0 Å². The van der Waals surface area contributed by atoms with Crippen LogP contribution in [0.4, 0.5) is 0 Å².